The normalized spacial score (nSPS) is 11.0. The number of nitrogens with one attached hydrogen (secondary N) is 1. The van der Waals surface area contributed by atoms with E-state index < -0.39 is 11.9 Å². The van der Waals surface area contributed by atoms with E-state index in [9.17, 15) is 14.7 Å². The number of aromatic carboxylic acids is 1. The Morgan fingerprint density at radius 2 is 1.91 bits per heavy atom. The lowest BCUT2D eigenvalue weighted by molar-refractivity contribution is 0.0696. The van der Waals surface area contributed by atoms with Gasteiger partial charge in [-0.25, -0.2) is 14.8 Å². The lowest BCUT2D eigenvalue weighted by Gasteiger charge is -2.06. The molecule has 4 N–H and O–H groups in total. The molecule has 0 fully saturated rings. The zero-order valence-electron chi connectivity index (χ0n) is 16.6. The highest BCUT2D eigenvalue weighted by molar-refractivity contribution is 6.00. The fourth-order valence-electron chi connectivity index (χ4n) is 2.91. The lowest BCUT2D eigenvalue weighted by atomic mass is 10.1. The molecule has 12 nitrogen and oxygen atoms in total. The molecule has 4 aromatic rings. The van der Waals surface area contributed by atoms with Crippen molar-refractivity contribution in [1.82, 2.24) is 30.7 Å². The third kappa shape index (κ3) is 3.92. The Kier molecular flexibility index (Phi) is 5.40. The number of aryl methyl sites for hydroxylation is 1. The molecule has 32 heavy (non-hydrogen) atoms. The molecule has 0 saturated carbocycles. The zero-order chi connectivity index (χ0) is 22.7. The first-order valence-electron chi connectivity index (χ1n) is 9.22. The minimum atomic E-state index is -1.11. The second-order valence-corrected chi connectivity index (χ2v) is 6.63. The van der Waals surface area contributed by atoms with E-state index in [1.165, 1.54) is 17.0 Å². The van der Waals surface area contributed by atoms with E-state index in [0.29, 0.717) is 16.8 Å². The predicted octanol–water partition coefficient (Wildman–Crippen LogP) is 1.67. The van der Waals surface area contributed by atoms with Crippen LogP contribution in [-0.4, -0.2) is 48.5 Å². The van der Waals surface area contributed by atoms with Gasteiger partial charge in [0.1, 0.15) is 5.69 Å². The fraction of sp³-hybridized carbons (Fsp3) is 0.0500. The van der Waals surface area contributed by atoms with Crippen LogP contribution in [0.25, 0.3) is 17.1 Å². The highest BCUT2D eigenvalue weighted by atomic mass is 16.6. The second-order valence-electron chi connectivity index (χ2n) is 6.63. The average Bonchev–Trinajstić information content (AvgIpc) is 3.40. The van der Waals surface area contributed by atoms with Crippen molar-refractivity contribution in [2.45, 2.75) is 6.92 Å². The van der Waals surface area contributed by atoms with Crippen molar-refractivity contribution in [3.05, 3.63) is 70.9 Å². The number of nitrogen functional groups attached to an aromatic ring is 1. The maximum absolute atomic E-state index is 12.8. The number of anilines is 1. The zero-order valence-corrected chi connectivity index (χ0v) is 16.6. The number of benzene rings is 2. The van der Waals surface area contributed by atoms with Gasteiger partial charge in [0.25, 0.3) is 5.91 Å². The first-order chi connectivity index (χ1) is 15.5. The number of carboxylic acids is 1. The highest BCUT2D eigenvalue weighted by Gasteiger charge is 2.25. The summed E-state index contributed by atoms with van der Waals surface area (Å²) in [6.45, 7) is 1.93. The number of hydrazone groups is 1. The Morgan fingerprint density at radius 1 is 1.16 bits per heavy atom. The molecule has 160 valence electrons. The number of carbonyl (C=O) groups is 2. The average molecular weight is 432 g/mol. The first-order valence-corrected chi connectivity index (χ1v) is 9.22. The molecule has 1 amide bonds. The third-order valence-electron chi connectivity index (χ3n) is 4.47. The number of hydrogen-bond acceptors (Lipinski definition) is 9. The first kappa shape index (κ1) is 20.4. The summed E-state index contributed by atoms with van der Waals surface area (Å²) in [6, 6.07) is 13.5. The summed E-state index contributed by atoms with van der Waals surface area (Å²) in [6.07, 6.45) is 1.23. The molecule has 0 unspecified atom stereocenters. The monoisotopic (exact) mass is 432 g/mol. The fourth-order valence-corrected chi connectivity index (χ4v) is 2.91. The molecule has 2 aromatic heterocycles. The van der Waals surface area contributed by atoms with Gasteiger partial charge in [-0.3, -0.25) is 4.79 Å². The Hall–Kier alpha value is -4.87. The number of aromatic nitrogens is 5. The summed E-state index contributed by atoms with van der Waals surface area (Å²) < 4.78 is 5.88. The summed E-state index contributed by atoms with van der Waals surface area (Å²) in [5, 5.41) is 28.3. The van der Waals surface area contributed by atoms with Crippen LogP contribution in [0.15, 0.2) is 58.3 Å². The van der Waals surface area contributed by atoms with Gasteiger partial charge in [-0.15, -0.1) is 5.10 Å². The Morgan fingerprint density at radius 3 is 2.59 bits per heavy atom. The molecular formula is C20H16N8O4. The van der Waals surface area contributed by atoms with Gasteiger partial charge in [-0.1, -0.05) is 53.2 Å². The molecule has 0 bridgehead atoms. The Bertz CT molecular complexity index is 1320. The van der Waals surface area contributed by atoms with Gasteiger partial charge in [-0.2, -0.15) is 9.78 Å². The van der Waals surface area contributed by atoms with Gasteiger partial charge in [-0.05, 0) is 23.3 Å². The quantitative estimate of drug-likeness (QED) is 0.302. The second kappa shape index (κ2) is 8.47. The van der Waals surface area contributed by atoms with Crippen molar-refractivity contribution in [3.63, 3.8) is 0 Å². The SMILES string of the molecule is Cc1ccc(-c2c(C(=O)NN=Cc3ccccc3C(=O)O)nnn2-c2nonc2N)cc1. The van der Waals surface area contributed by atoms with Gasteiger partial charge >= 0.3 is 5.97 Å². The van der Waals surface area contributed by atoms with Gasteiger partial charge in [0.2, 0.25) is 11.6 Å². The van der Waals surface area contributed by atoms with Crippen LogP contribution in [0.3, 0.4) is 0 Å². The maximum atomic E-state index is 12.8. The van der Waals surface area contributed by atoms with Crippen molar-refractivity contribution in [2.24, 2.45) is 5.10 Å². The van der Waals surface area contributed by atoms with Gasteiger partial charge < -0.3 is 10.8 Å². The highest BCUT2D eigenvalue weighted by Crippen LogP contribution is 2.26. The van der Waals surface area contributed by atoms with Crippen molar-refractivity contribution in [3.8, 4) is 17.1 Å². The summed E-state index contributed by atoms with van der Waals surface area (Å²) in [5.74, 6) is -1.74. The topological polar surface area (TPSA) is 174 Å². The third-order valence-corrected chi connectivity index (χ3v) is 4.47. The van der Waals surface area contributed by atoms with Crippen LogP contribution in [0, 0.1) is 6.92 Å². The number of nitrogens with two attached hydrogens (primary N) is 1. The van der Waals surface area contributed by atoms with E-state index in [-0.39, 0.29) is 22.9 Å². The van der Waals surface area contributed by atoms with Crippen molar-refractivity contribution in [2.75, 3.05) is 5.73 Å². The molecule has 2 heterocycles. The van der Waals surface area contributed by atoms with E-state index in [1.54, 1.807) is 30.3 Å². The molecule has 0 aliphatic heterocycles. The van der Waals surface area contributed by atoms with Crippen LogP contribution >= 0.6 is 0 Å². The molecule has 0 aliphatic carbocycles. The van der Waals surface area contributed by atoms with Crippen LogP contribution in [-0.2, 0) is 0 Å². The lowest BCUT2D eigenvalue weighted by Crippen LogP contribution is -2.19. The van der Waals surface area contributed by atoms with Crippen LogP contribution in [0.5, 0.6) is 0 Å². The maximum Gasteiger partial charge on any atom is 0.336 e. The molecule has 4 rings (SSSR count). The molecular weight excluding hydrogens is 416 g/mol. The number of carboxylic acid groups (broad SMARTS) is 1. The summed E-state index contributed by atoms with van der Waals surface area (Å²) in [4.78, 5) is 24.1. The van der Waals surface area contributed by atoms with Gasteiger partial charge in [0.05, 0.1) is 11.8 Å². The molecule has 0 spiro atoms. The van der Waals surface area contributed by atoms with Crippen molar-refractivity contribution in [1.29, 1.82) is 0 Å². The van der Waals surface area contributed by atoms with Gasteiger partial charge in [0, 0.05) is 11.1 Å². The molecule has 0 atom stereocenters. The molecule has 12 heteroatoms. The van der Waals surface area contributed by atoms with E-state index in [1.807, 2.05) is 19.1 Å². The van der Waals surface area contributed by atoms with Crippen LogP contribution in [0.2, 0.25) is 0 Å². The van der Waals surface area contributed by atoms with Crippen molar-refractivity contribution < 1.29 is 19.3 Å². The number of carbonyl (C=O) groups excluding carboxylic acids is 1. The number of nitrogens with zero attached hydrogens (tertiary/aromatic N) is 6. The molecule has 0 aliphatic rings. The number of hydrogen-bond donors (Lipinski definition) is 3. The Balaban J connectivity index is 1.68. The van der Waals surface area contributed by atoms with Crippen molar-refractivity contribution >= 4 is 23.9 Å². The summed E-state index contributed by atoms with van der Waals surface area (Å²) >= 11 is 0. The van der Waals surface area contributed by atoms with E-state index in [0.717, 1.165) is 5.56 Å². The number of amides is 1. The molecule has 0 radical (unpaired) electrons. The van der Waals surface area contributed by atoms with E-state index in [4.69, 9.17) is 5.73 Å². The van der Waals surface area contributed by atoms with Crippen LogP contribution in [0.4, 0.5) is 5.82 Å². The predicted molar refractivity (Wildman–Crippen MR) is 112 cm³/mol. The van der Waals surface area contributed by atoms with E-state index >= 15 is 0 Å². The Labute approximate surface area is 180 Å². The number of rotatable bonds is 6. The summed E-state index contributed by atoms with van der Waals surface area (Å²) in [5.41, 5.74) is 10.4. The largest absolute Gasteiger partial charge is 0.478 e. The summed E-state index contributed by atoms with van der Waals surface area (Å²) in [7, 11) is 0. The minimum absolute atomic E-state index is 0.0291. The standard InChI is InChI=1S/C20H16N8O4/c1-11-6-8-12(9-7-11)16-15(23-27-28(16)18-17(21)25-32-26-18)19(29)24-22-10-13-4-2-3-5-14(13)20(30)31/h2-10H,1H3,(H2,21,25)(H,24,29)(H,30,31). The van der Waals surface area contributed by atoms with Gasteiger partial charge in [0.15, 0.2) is 5.69 Å². The van der Waals surface area contributed by atoms with Crippen LogP contribution in [0.1, 0.15) is 32.0 Å². The minimum Gasteiger partial charge on any atom is -0.478 e. The van der Waals surface area contributed by atoms with E-state index in [2.05, 4.69) is 35.8 Å². The smallest absolute Gasteiger partial charge is 0.336 e. The molecule has 2 aromatic carbocycles. The molecule has 0 saturated heterocycles. The van der Waals surface area contributed by atoms with Crippen LogP contribution < -0.4 is 11.2 Å².